The molecule has 2 N–H and O–H groups in total. The summed E-state index contributed by atoms with van der Waals surface area (Å²) in [5.74, 6) is -0.306. The van der Waals surface area contributed by atoms with Gasteiger partial charge in [-0.05, 0) is 63.9 Å². The number of piperazine rings is 1. The first-order chi connectivity index (χ1) is 19.0. The molecule has 2 saturated heterocycles. The van der Waals surface area contributed by atoms with Crippen molar-refractivity contribution in [3.8, 4) is 0 Å². The Labute approximate surface area is 234 Å². The standard InChI is InChI=1S/C28H40F3N7O2/c1-5-20-16-21(38-14-13-36(4)27(2,3)19-38)8-9-23(20)34-26-33-17-22(28(29,30)31)25(35-26)32-10-6-11-37-12-7-15-40-18-24(37)39/h8-9,16-17H,5-7,10-15,18-19H2,1-4H3,(H2,32,33,34,35). The molecule has 1 amide bonds. The van der Waals surface area contributed by atoms with Crippen molar-refractivity contribution in [2.24, 2.45) is 0 Å². The van der Waals surface area contributed by atoms with Gasteiger partial charge in [0.05, 0.1) is 0 Å². The molecule has 3 heterocycles. The maximum Gasteiger partial charge on any atom is 0.421 e. The average molecular weight is 564 g/mol. The molecule has 9 nitrogen and oxygen atoms in total. The highest BCUT2D eigenvalue weighted by atomic mass is 19.4. The Kier molecular flexibility index (Phi) is 9.40. The molecule has 12 heteroatoms. The summed E-state index contributed by atoms with van der Waals surface area (Å²) in [7, 11) is 2.14. The van der Waals surface area contributed by atoms with Crippen LogP contribution in [0, 0.1) is 0 Å². The number of carbonyl (C=O) groups is 1. The fourth-order valence-electron chi connectivity index (χ4n) is 5.00. The predicted octanol–water partition coefficient (Wildman–Crippen LogP) is 4.38. The summed E-state index contributed by atoms with van der Waals surface area (Å²) in [6.45, 7) is 11.1. The number of aromatic nitrogens is 2. The predicted molar refractivity (Wildman–Crippen MR) is 150 cm³/mol. The molecule has 2 aliphatic rings. The van der Waals surface area contributed by atoms with Gasteiger partial charge >= 0.3 is 6.18 Å². The smallest absolute Gasteiger partial charge is 0.372 e. The van der Waals surface area contributed by atoms with Crippen molar-refractivity contribution in [2.75, 3.05) is 75.1 Å². The Bertz CT molecular complexity index is 1180. The third-order valence-corrected chi connectivity index (χ3v) is 7.68. The third kappa shape index (κ3) is 7.34. The van der Waals surface area contributed by atoms with E-state index in [1.807, 2.05) is 19.1 Å². The van der Waals surface area contributed by atoms with E-state index >= 15 is 0 Å². The second-order valence-electron chi connectivity index (χ2n) is 11.0. The fourth-order valence-corrected chi connectivity index (χ4v) is 5.00. The van der Waals surface area contributed by atoms with Crippen LogP contribution in [0.5, 0.6) is 0 Å². The Hall–Kier alpha value is -3.12. The number of nitrogens with zero attached hydrogens (tertiary/aromatic N) is 5. The number of anilines is 4. The van der Waals surface area contributed by atoms with Crippen LogP contribution in [0.25, 0.3) is 0 Å². The van der Waals surface area contributed by atoms with Gasteiger partial charge in [0.15, 0.2) is 0 Å². The summed E-state index contributed by atoms with van der Waals surface area (Å²) >= 11 is 0. The van der Waals surface area contributed by atoms with E-state index in [-0.39, 0.29) is 36.4 Å². The monoisotopic (exact) mass is 563 g/mol. The highest BCUT2D eigenvalue weighted by molar-refractivity contribution is 5.77. The molecule has 2 fully saturated rings. The summed E-state index contributed by atoms with van der Waals surface area (Å²) in [6, 6.07) is 6.10. The van der Waals surface area contributed by atoms with E-state index in [0.29, 0.717) is 26.1 Å². The molecule has 220 valence electrons. The molecule has 40 heavy (non-hydrogen) atoms. The molecule has 0 atom stereocenters. The fraction of sp³-hybridized carbons (Fsp3) is 0.607. The van der Waals surface area contributed by atoms with Crippen molar-refractivity contribution in [3.63, 3.8) is 0 Å². The van der Waals surface area contributed by atoms with Crippen molar-refractivity contribution in [3.05, 3.63) is 35.5 Å². The van der Waals surface area contributed by atoms with Crippen LogP contribution in [0.1, 0.15) is 44.7 Å². The lowest BCUT2D eigenvalue weighted by atomic mass is 9.98. The normalized spacial score (nSPS) is 18.5. The average Bonchev–Trinajstić information content (AvgIpc) is 3.11. The highest BCUT2D eigenvalue weighted by Crippen LogP contribution is 2.35. The van der Waals surface area contributed by atoms with Crippen LogP contribution in [0.3, 0.4) is 0 Å². The van der Waals surface area contributed by atoms with Gasteiger partial charge in [-0.3, -0.25) is 9.69 Å². The van der Waals surface area contributed by atoms with Gasteiger partial charge in [0.1, 0.15) is 18.0 Å². The Morgan fingerprint density at radius 2 is 1.98 bits per heavy atom. The van der Waals surface area contributed by atoms with Crippen molar-refractivity contribution in [1.82, 2.24) is 19.8 Å². The first-order valence-corrected chi connectivity index (χ1v) is 13.9. The molecular formula is C28H40F3N7O2. The quantitative estimate of drug-likeness (QED) is 0.435. The number of hydrogen-bond acceptors (Lipinski definition) is 8. The maximum absolute atomic E-state index is 13.7. The van der Waals surface area contributed by atoms with Gasteiger partial charge in [-0.2, -0.15) is 18.2 Å². The Morgan fingerprint density at radius 1 is 1.18 bits per heavy atom. The van der Waals surface area contributed by atoms with Gasteiger partial charge in [0, 0.05) is 69.0 Å². The molecule has 2 aromatic rings. The second kappa shape index (κ2) is 12.6. The van der Waals surface area contributed by atoms with Gasteiger partial charge in [0.25, 0.3) is 0 Å². The third-order valence-electron chi connectivity index (χ3n) is 7.68. The van der Waals surface area contributed by atoms with Gasteiger partial charge in [-0.15, -0.1) is 0 Å². The number of halogens is 3. The van der Waals surface area contributed by atoms with E-state index in [2.05, 4.69) is 57.4 Å². The minimum atomic E-state index is -4.61. The summed E-state index contributed by atoms with van der Waals surface area (Å²) in [6.07, 6.45) is -1.85. The lowest BCUT2D eigenvalue weighted by molar-refractivity contribution is -0.137. The van der Waals surface area contributed by atoms with E-state index < -0.39 is 11.7 Å². The van der Waals surface area contributed by atoms with Gasteiger partial charge in [0.2, 0.25) is 11.9 Å². The van der Waals surface area contributed by atoms with Crippen LogP contribution in [-0.4, -0.2) is 90.7 Å². The summed E-state index contributed by atoms with van der Waals surface area (Å²) in [5.41, 5.74) is 2.02. The van der Waals surface area contributed by atoms with Gasteiger partial charge in [-0.1, -0.05) is 6.92 Å². The number of hydrogen-bond donors (Lipinski definition) is 2. The molecule has 0 unspecified atom stereocenters. The second-order valence-corrected chi connectivity index (χ2v) is 11.0. The number of ether oxygens (including phenoxy) is 1. The minimum Gasteiger partial charge on any atom is -0.372 e. The molecule has 0 aliphatic carbocycles. The summed E-state index contributed by atoms with van der Waals surface area (Å²) in [5, 5.41) is 5.94. The largest absolute Gasteiger partial charge is 0.421 e. The van der Waals surface area contributed by atoms with Crippen molar-refractivity contribution < 1.29 is 22.7 Å². The van der Waals surface area contributed by atoms with Crippen molar-refractivity contribution in [1.29, 1.82) is 0 Å². The number of amides is 1. The molecule has 0 saturated carbocycles. The molecule has 1 aromatic heterocycles. The van der Waals surface area contributed by atoms with E-state index in [9.17, 15) is 18.0 Å². The highest BCUT2D eigenvalue weighted by Gasteiger charge is 2.35. The Morgan fingerprint density at radius 3 is 2.70 bits per heavy atom. The number of benzene rings is 1. The van der Waals surface area contributed by atoms with E-state index in [0.717, 1.165) is 55.6 Å². The number of rotatable bonds is 9. The van der Waals surface area contributed by atoms with Crippen molar-refractivity contribution >= 4 is 29.0 Å². The SMILES string of the molecule is CCc1cc(N2CCN(C)C(C)(C)C2)ccc1Nc1ncc(C(F)(F)F)c(NCCCN2CCCOCC2=O)n1. The number of likely N-dealkylation sites (N-methyl/N-ethyl adjacent to an activating group) is 1. The van der Waals surface area contributed by atoms with Crippen LogP contribution in [-0.2, 0) is 22.1 Å². The Balaban J connectivity index is 1.46. The molecule has 2 aliphatic heterocycles. The summed E-state index contributed by atoms with van der Waals surface area (Å²) < 4.78 is 46.4. The first-order valence-electron chi connectivity index (χ1n) is 13.9. The van der Waals surface area contributed by atoms with Crippen LogP contribution < -0.4 is 15.5 Å². The van der Waals surface area contributed by atoms with E-state index in [4.69, 9.17) is 4.74 Å². The number of carbonyl (C=O) groups excluding carboxylic acids is 1. The minimum absolute atomic E-state index is 0.0423. The zero-order chi connectivity index (χ0) is 28.9. The van der Waals surface area contributed by atoms with Crippen molar-refractivity contribution in [2.45, 2.75) is 51.7 Å². The zero-order valence-electron chi connectivity index (χ0n) is 23.8. The number of aryl methyl sites for hydroxylation is 1. The topological polar surface area (TPSA) is 85.9 Å². The van der Waals surface area contributed by atoms with Crippen LogP contribution in [0.15, 0.2) is 24.4 Å². The first kappa shape index (κ1) is 29.9. The zero-order valence-corrected chi connectivity index (χ0v) is 23.8. The number of alkyl halides is 3. The molecule has 0 bridgehead atoms. The van der Waals surface area contributed by atoms with Gasteiger partial charge in [-0.25, -0.2) is 4.98 Å². The van der Waals surface area contributed by atoms with E-state index in [1.165, 1.54) is 0 Å². The lowest BCUT2D eigenvalue weighted by Crippen LogP contribution is -2.57. The molecule has 1 aromatic carbocycles. The lowest BCUT2D eigenvalue weighted by Gasteiger charge is -2.46. The molecular weight excluding hydrogens is 523 g/mol. The van der Waals surface area contributed by atoms with Gasteiger partial charge < -0.3 is 25.2 Å². The summed E-state index contributed by atoms with van der Waals surface area (Å²) in [4.78, 5) is 26.7. The van der Waals surface area contributed by atoms with Crippen LogP contribution >= 0.6 is 0 Å². The number of nitrogens with one attached hydrogen (secondary N) is 2. The molecule has 0 spiro atoms. The molecule has 0 radical (unpaired) electrons. The maximum atomic E-state index is 13.7. The van der Waals surface area contributed by atoms with Crippen LogP contribution in [0.2, 0.25) is 0 Å². The van der Waals surface area contributed by atoms with Crippen LogP contribution in [0.4, 0.5) is 36.3 Å². The van der Waals surface area contributed by atoms with E-state index in [1.54, 1.807) is 4.90 Å². The molecule has 4 rings (SSSR count).